The van der Waals surface area contributed by atoms with E-state index in [1.165, 1.54) is 11.8 Å². The zero-order valence-corrected chi connectivity index (χ0v) is 11.7. The monoisotopic (exact) mass is 327 g/mol. The predicted molar refractivity (Wildman–Crippen MR) is 72.9 cm³/mol. The van der Waals surface area contributed by atoms with E-state index in [-0.39, 0.29) is 0 Å². The minimum absolute atomic E-state index is 0.596. The van der Waals surface area contributed by atoms with Gasteiger partial charge in [0.1, 0.15) is 5.03 Å². The average Bonchev–Trinajstić information content (AvgIpc) is 2.32. The molecule has 0 N–H and O–H groups in total. The Morgan fingerprint density at radius 1 is 1.29 bits per heavy atom. The number of hydrogen-bond donors (Lipinski definition) is 0. The molecule has 0 bridgehead atoms. The Morgan fingerprint density at radius 3 is 2.76 bits per heavy atom. The number of hydrogen-bond acceptors (Lipinski definition) is 3. The summed E-state index contributed by atoms with van der Waals surface area (Å²) in [6, 6.07) is 9.10. The van der Waals surface area contributed by atoms with Crippen molar-refractivity contribution in [3.8, 4) is 0 Å². The SMILES string of the molecule is O=Cc1ccc(Br)cc1Sc1ccc(Cl)cn1. The van der Waals surface area contributed by atoms with Crippen molar-refractivity contribution in [1.29, 1.82) is 0 Å². The Kier molecular flexibility index (Phi) is 4.20. The maximum atomic E-state index is 10.9. The third-order valence-corrected chi connectivity index (χ3v) is 3.76. The number of rotatable bonds is 3. The zero-order valence-electron chi connectivity index (χ0n) is 8.56. The van der Waals surface area contributed by atoms with Crippen molar-refractivity contribution in [1.82, 2.24) is 4.98 Å². The number of pyridine rings is 1. The second kappa shape index (κ2) is 5.67. The molecule has 0 atom stereocenters. The molecule has 1 aromatic carbocycles. The third kappa shape index (κ3) is 3.31. The van der Waals surface area contributed by atoms with Gasteiger partial charge in [-0.05, 0) is 30.3 Å². The van der Waals surface area contributed by atoms with Gasteiger partial charge in [-0.3, -0.25) is 4.79 Å². The van der Waals surface area contributed by atoms with Gasteiger partial charge in [-0.25, -0.2) is 4.98 Å². The molecule has 0 saturated carbocycles. The highest BCUT2D eigenvalue weighted by Crippen LogP contribution is 2.31. The number of carbonyl (C=O) groups is 1. The second-order valence-electron chi connectivity index (χ2n) is 3.22. The van der Waals surface area contributed by atoms with Crippen LogP contribution in [0.5, 0.6) is 0 Å². The number of carbonyl (C=O) groups excluding carboxylic acids is 1. The Labute approximate surface area is 117 Å². The van der Waals surface area contributed by atoms with Crippen LogP contribution in [0.25, 0.3) is 0 Å². The first-order chi connectivity index (χ1) is 8.19. The lowest BCUT2D eigenvalue weighted by atomic mass is 10.2. The van der Waals surface area contributed by atoms with Crippen LogP contribution in [0.3, 0.4) is 0 Å². The van der Waals surface area contributed by atoms with Gasteiger partial charge in [0.05, 0.1) is 5.02 Å². The van der Waals surface area contributed by atoms with Crippen LogP contribution in [-0.2, 0) is 0 Å². The van der Waals surface area contributed by atoms with Crippen molar-refractivity contribution in [2.75, 3.05) is 0 Å². The molecule has 0 aliphatic rings. The minimum atomic E-state index is 0.596. The molecule has 17 heavy (non-hydrogen) atoms. The van der Waals surface area contributed by atoms with Crippen LogP contribution in [0.1, 0.15) is 10.4 Å². The molecule has 0 unspecified atom stereocenters. The number of aromatic nitrogens is 1. The molecule has 86 valence electrons. The van der Waals surface area contributed by atoms with E-state index in [0.717, 1.165) is 20.7 Å². The Balaban J connectivity index is 2.31. The fourth-order valence-corrected chi connectivity index (χ4v) is 2.74. The summed E-state index contributed by atoms with van der Waals surface area (Å²) in [6.45, 7) is 0. The van der Waals surface area contributed by atoms with Crippen molar-refractivity contribution >= 4 is 45.6 Å². The highest BCUT2D eigenvalue weighted by Gasteiger charge is 2.05. The summed E-state index contributed by atoms with van der Waals surface area (Å²) in [7, 11) is 0. The Morgan fingerprint density at radius 2 is 2.12 bits per heavy atom. The summed E-state index contributed by atoms with van der Waals surface area (Å²) in [6.07, 6.45) is 2.42. The fourth-order valence-electron chi connectivity index (χ4n) is 1.23. The summed E-state index contributed by atoms with van der Waals surface area (Å²) >= 11 is 10.6. The molecular formula is C12H7BrClNOS. The first-order valence-electron chi connectivity index (χ1n) is 4.73. The van der Waals surface area contributed by atoms with Crippen LogP contribution in [0.4, 0.5) is 0 Å². The van der Waals surface area contributed by atoms with Gasteiger partial charge in [-0.15, -0.1) is 0 Å². The first kappa shape index (κ1) is 12.6. The Bertz CT molecular complexity index is 545. The van der Waals surface area contributed by atoms with Crippen molar-refractivity contribution < 1.29 is 4.79 Å². The van der Waals surface area contributed by atoms with Gasteiger partial charge >= 0.3 is 0 Å². The van der Waals surface area contributed by atoms with E-state index < -0.39 is 0 Å². The zero-order chi connectivity index (χ0) is 12.3. The third-order valence-electron chi connectivity index (χ3n) is 2.02. The summed E-state index contributed by atoms with van der Waals surface area (Å²) in [4.78, 5) is 16.0. The van der Waals surface area contributed by atoms with E-state index in [1.54, 1.807) is 18.3 Å². The maximum absolute atomic E-state index is 10.9. The highest BCUT2D eigenvalue weighted by atomic mass is 79.9. The molecule has 0 aliphatic carbocycles. The average molecular weight is 329 g/mol. The van der Waals surface area contributed by atoms with Crippen molar-refractivity contribution in [3.05, 3.63) is 51.6 Å². The summed E-state index contributed by atoms with van der Waals surface area (Å²) in [5.41, 5.74) is 0.648. The molecule has 2 rings (SSSR count). The van der Waals surface area contributed by atoms with Gasteiger partial charge in [0.15, 0.2) is 6.29 Å². The normalized spacial score (nSPS) is 10.2. The van der Waals surface area contributed by atoms with Gasteiger partial charge in [-0.2, -0.15) is 0 Å². The smallest absolute Gasteiger partial charge is 0.151 e. The fraction of sp³-hybridized carbons (Fsp3) is 0. The van der Waals surface area contributed by atoms with Crippen LogP contribution in [0, 0.1) is 0 Å². The van der Waals surface area contributed by atoms with Crippen molar-refractivity contribution in [2.45, 2.75) is 9.92 Å². The molecule has 1 heterocycles. The molecular weight excluding hydrogens is 322 g/mol. The lowest BCUT2D eigenvalue weighted by Crippen LogP contribution is -1.86. The topological polar surface area (TPSA) is 30.0 Å². The Hall–Kier alpha value is -0.840. The molecule has 5 heteroatoms. The lowest BCUT2D eigenvalue weighted by Gasteiger charge is -2.04. The van der Waals surface area contributed by atoms with Gasteiger partial charge in [0, 0.05) is 21.1 Å². The standard InChI is InChI=1S/C12H7BrClNOS/c13-9-2-1-8(7-16)11(5-9)17-12-4-3-10(14)6-15-12/h1-7H. The second-order valence-corrected chi connectivity index (χ2v) is 5.63. The largest absolute Gasteiger partial charge is 0.298 e. The molecule has 0 fully saturated rings. The summed E-state index contributed by atoms with van der Waals surface area (Å²) in [5.74, 6) is 0. The van der Waals surface area contributed by atoms with E-state index in [9.17, 15) is 4.79 Å². The van der Waals surface area contributed by atoms with Crippen LogP contribution in [0.15, 0.2) is 50.9 Å². The molecule has 0 amide bonds. The molecule has 2 nitrogen and oxygen atoms in total. The predicted octanol–water partition coefficient (Wildman–Crippen LogP) is 4.46. The van der Waals surface area contributed by atoms with E-state index in [0.29, 0.717) is 10.6 Å². The molecule has 0 saturated heterocycles. The lowest BCUT2D eigenvalue weighted by molar-refractivity contribution is 0.112. The number of benzene rings is 1. The molecule has 0 radical (unpaired) electrons. The van der Waals surface area contributed by atoms with Crippen LogP contribution >= 0.6 is 39.3 Å². The highest BCUT2D eigenvalue weighted by molar-refractivity contribution is 9.10. The van der Waals surface area contributed by atoms with Gasteiger partial charge in [0.2, 0.25) is 0 Å². The first-order valence-corrected chi connectivity index (χ1v) is 6.72. The number of aldehydes is 1. The van der Waals surface area contributed by atoms with Crippen LogP contribution in [0.2, 0.25) is 5.02 Å². The van der Waals surface area contributed by atoms with Crippen molar-refractivity contribution in [3.63, 3.8) is 0 Å². The minimum Gasteiger partial charge on any atom is -0.298 e. The molecule has 1 aromatic heterocycles. The molecule has 0 aliphatic heterocycles. The van der Waals surface area contributed by atoms with Crippen molar-refractivity contribution in [2.24, 2.45) is 0 Å². The number of halogens is 2. The van der Waals surface area contributed by atoms with Gasteiger partial charge < -0.3 is 0 Å². The summed E-state index contributed by atoms with van der Waals surface area (Å²) in [5, 5.41) is 1.40. The molecule has 0 spiro atoms. The summed E-state index contributed by atoms with van der Waals surface area (Å²) < 4.78 is 0.930. The van der Waals surface area contributed by atoms with E-state index in [1.807, 2.05) is 18.2 Å². The van der Waals surface area contributed by atoms with Crippen LogP contribution < -0.4 is 0 Å². The quantitative estimate of drug-likeness (QED) is 0.779. The van der Waals surface area contributed by atoms with E-state index >= 15 is 0 Å². The van der Waals surface area contributed by atoms with E-state index in [2.05, 4.69) is 20.9 Å². The van der Waals surface area contributed by atoms with Gasteiger partial charge in [0.25, 0.3) is 0 Å². The molecule has 2 aromatic rings. The maximum Gasteiger partial charge on any atom is 0.151 e. The van der Waals surface area contributed by atoms with E-state index in [4.69, 9.17) is 11.6 Å². The number of nitrogens with zero attached hydrogens (tertiary/aromatic N) is 1. The van der Waals surface area contributed by atoms with Gasteiger partial charge in [-0.1, -0.05) is 39.3 Å². The van der Waals surface area contributed by atoms with Crippen LogP contribution in [-0.4, -0.2) is 11.3 Å².